The van der Waals surface area contributed by atoms with Crippen LogP contribution >= 0.6 is 0 Å². The summed E-state index contributed by atoms with van der Waals surface area (Å²) in [5, 5.41) is 0. The first kappa shape index (κ1) is 15.4. The Labute approximate surface area is 124 Å². The molecule has 0 atom stereocenters. The third-order valence-electron chi connectivity index (χ3n) is 3.62. The van der Waals surface area contributed by atoms with Gasteiger partial charge in [-0.05, 0) is 19.8 Å². The number of likely N-dealkylation sites (tertiary alicyclic amines) is 1. The molecule has 0 unspecified atom stereocenters. The largest absolute Gasteiger partial charge is 0.491 e. The van der Waals surface area contributed by atoms with Crippen molar-refractivity contribution >= 4 is 17.3 Å². The fraction of sp³-hybridized carbons (Fsp3) is 0.533. The Morgan fingerprint density at radius 3 is 2.71 bits per heavy atom. The summed E-state index contributed by atoms with van der Waals surface area (Å²) in [5.41, 5.74) is 6.76. The molecule has 1 aromatic carbocycles. The maximum Gasteiger partial charge on any atom is 0.242 e. The van der Waals surface area contributed by atoms with Crippen LogP contribution < -0.4 is 15.4 Å². The van der Waals surface area contributed by atoms with E-state index in [1.807, 2.05) is 4.90 Å². The monoisotopic (exact) mass is 295 g/mol. The van der Waals surface area contributed by atoms with Gasteiger partial charge in [0.25, 0.3) is 0 Å². The lowest BCUT2D eigenvalue weighted by molar-refractivity contribution is -0.128. The van der Waals surface area contributed by atoms with Crippen LogP contribution in [0.2, 0.25) is 0 Å². The SMILES string of the molecule is CCOc1cc(N(C)CC(=O)N2CCCC2)c(N)cc1F. The Kier molecular flexibility index (Phi) is 4.88. The Bertz CT molecular complexity index is 516. The van der Waals surface area contributed by atoms with E-state index in [2.05, 4.69) is 0 Å². The fourth-order valence-electron chi connectivity index (χ4n) is 2.51. The van der Waals surface area contributed by atoms with E-state index < -0.39 is 5.82 Å². The lowest BCUT2D eigenvalue weighted by atomic mass is 10.2. The van der Waals surface area contributed by atoms with Gasteiger partial charge >= 0.3 is 0 Å². The molecule has 6 heteroatoms. The number of hydrogen-bond donors (Lipinski definition) is 1. The summed E-state index contributed by atoms with van der Waals surface area (Å²) in [7, 11) is 1.77. The molecule has 0 radical (unpaired) electrons. The zero-order chi connectivity index (χ0) is 15.4. The van der Waals surface area contributed by atoms with E-state index in [4.69, 9.17) is 10.5 Å². The minimum atomic E-state index is -0.489. The number of benzene rings is 1. The van der Waals surface area contributed by atoms with E-state index in [9.17, 15) is 9.18 Å². The van der Waals surface area contributed by atoms with E-state index in [1.165, 1.54) is 6.07 Å². The highest BCUT2D eigenvalue weighted by molar-refractivity contribution is 5.83. The van der Waals surface area contributed by atoms with E-state index in [1.54, 1.807) is 24.9 Å². The van der Waals surface area contributed by atoms with Crippen LogP contribution in [0.4, 0.5) is 15.8 Å². The van der Waals surface area contributed by atoms with Gasteiger partial charge in [-0.15, -0.1) is 0 Å². The number of carbonyl (C=O) groups is 1. The Hall–Kier alpha value is -1.98. The van der Waals surface area contributed by atoms with E-state index in [-0.39, 0.29) is 18.2 Å². The second kappa shape index (κ2) is 6.65. The van der Waals surface area contributed by atoms with Gasteiger partial charge in [0, 0.05) is 32.3 Å². The van der Waals surface area contributed by atoms with Crippen molar-refractivity contribution < 1.29 is 13.9 Å². The molecule has 2 N–H and O–H groups in total. The van der Waals surface area contributed by atoms with Crippen molar-refractivity contribution in [1.29, 1.82) is 0 Å². The van der Waals surface area contributed by atoms with Crippen molar-refractivity contribution in [3.8, 4) is 5.75 Å². The predicted octanol–water partition coefficient (Wildman–Crippen LogP) is 1.87. The van der Waals surface area contributed by atoms with Crippen LogP contribution in [0, 0.1) is 5.82 Å². The second-order valence-corrected chi connectivity index (χ2v) is 5.22. The summed E-state index contributed by atoms with van der Waals surface area (Å²) in [6, 6.07) is 2.78. The number of halogens is 1. The number of ether oxygens (including phenoxy) is 1. The number of rotatable bonds is 5. The van der Waals surface area contributed by atoms with Gasteiger partial charge in [-0.1, -0.05) is 0 Å². The molecule has 0 aromatic heterocycles. The van der Waals surface area contributed by atoms with Crippen molar-refractivity contribution in [3.05, 3.63) is 17.9 Å². The first-order valence-electron chi connectivity index (χ1n) is 7.23. The predicted molar refractivity (Wildman–Crippen MR) is 81.1 cm³/mol. The Morgan fingerprint density at radius 2 is 2.10 bits per heavy atom. The van der Waals surface area contributed by atoms with Gasteiger partial charge in [-0.3, -0.25) is 4.79 Å². The minimum absolute atomic E-state index is 0.0664. The summed E-state index contributed by atoms with van der Waals surface area (Å²) in [6.07, 6.45) is 2.12. The number of hydrogen-bond acceptors (Lipinski definition) is 4. The van der Waals surface area contributed by atoms with Crippen LogP contribution in [0.1, 0.15) is 19.8 Å². The summed E-state index contributed by atoms with van der Waals surface area (Å²) in [4.78, 5) is 15.7. The summed E-state index contributed by atoms with van der Waals surface area (Å²) >= 11 is 0. The van der Waals surface area contributed by atoms with E-state index in [0.717, 1.165) is 25.9 Å². The highest BCUT2D eigenvalue weighted by Gasteiger charge is 2.20. The second-order valence-electron chi connectivity index (χ2n) is 5.22. The highest BCUT2D eigenvalue weighted by atomic mass is 19.1. The summed E-state index contributed by atoms with van der Waals surface area (Å²) < 4.78 is 18.9. The molecule has 1 aromatic rings. The van der Waals surface area contributed by atoms with Gasteiger partial charge in [-0.2, -0.15) is 0 Å². The fourth-order valence-corrected chi connectivity index (χ4v) is 2.51. The van der Waals surface area contributed by atoms with Crippen molar-refractivity contribution in [2.75, 3.05) is 43.9 Å². The summed E-state index contributed by atoms with van der Waals surface area (Å²) in [5.74, 6) is -0.267. The molecule has 1 aliphatic heterocycles. The molecule has 0 saturated carbocycles. The maximum atomic E-state index is 13.7. The van der Waals surface area contributed by atoms with Gasteiger partial charge in [0.05, 0.1) is 24.5 Å². The molecule has 1 aliphatic rings. The average molecular weight is 295 g/mol. The van der Waals surface area contributed by atoms with Crippen LogP contribution in [0.5, 0.6) is 5.75 Å². The number of anilines is 2. The molecule has 1 saturated heterocycles. The van der Waals surface area contributed by atoms with Crippen LogP contribution in [0.15, 0.2) is 12.1 Å². The molecule has 0 bridgehead atoms. The Balaban J connectivity index is 2.12. The van der Waals surface area contributed by atoms with Crippen LogP contribution in [0.25, 0.3) is 0 Å². The lowest BCUT2D eigenvalue weighted by Gasteiger charge is -2.24. The number of likely N-dealkylation sites (N-methyl/N-ethyl adjacent to an activating group) is 1. The average Bonchev–Trinajstić information content (AvgIpc) is 2.95. The van der Waals surface area contributed by atoms with Crippen LogP contribution in [-0.4, -0.2) is 44.1 Å². The third kappa shape index (κ3) is 3.56. The number of carbonyl (C=O) groups excluding carboxylic acids is 1. The van der Waals surface area contributed by atoms with Crippen molar-refractivity contribution in [3.63, 3.8) is 0 Å². The van der Waals surface area contributed by atoms with Gasteiger partial charge < -0.3 is 20.3 Å². The number of nitrogen functional groups attached to an aromatic ring is 1. The normalized spacial score (nSPS) is 14.3. The molecule has 0 aliphatic carbocycles. The van der Waals surface area contributed by atoms with Crippen LogP contribution in [0.3, 0.4) is 0 Å². The molecule has 0 spiro atoms. The molecule has 116 valence electrons. The lowest BCUT2D eigenvalue weighted by Crippen LogP contribution is -2.37. The van der Waals surface area contributed by atoms with Crippen molar-refractivity contribution in [2.24, 2.45) is 0 Å². The third-order valence-corrected chi connectivity index (χ3v) is 3.62. The number of nitrogens with zero attached hydrogens (tertiary/aromatic N) is 2. The van der Waals surface area contributed by atoms with Crippen LogP contribution in [-0.2, 0) is 4.79 Å². The molecule has 5 nitrogen and oxygen atoms in total. The van der Waals surface area contributed by atoms with E-state index >= 15 is 0 Å². The molecule has 21 heavy (non-hydrogen) atoms. The maximum absolute atomic E-state index is 13.7. The number of amides is 1. The van der Waals surface area contributed by atoms with Gasteiger partial charge in [0.15, 0.2) is 11.6 Å². The number of nitrogens with two attached hydrogens (primary N) is 1. The standard InChI is InChI=1S/C15H22FN3O2/c1-3-21-14-9-13(12(17)8-11(14)16)18(2)10-15(20)19-6-4-5-7-19/h8-9H,3-7,10,17H2,1-2H3. The Morgan fingerprint density at radius 1 is 1.43 bits per heavy atom. The molecule has 1 heterocycles. The smallest absolute Gasteiger partial charge is 0.242 e. The first-order chi connectivity index (χ1) is 10.0. The van der Waals surface area contributed by atoms with Crippen molar-refractivity contribution in [2.45, 2.75) is 19.8 Å². The first-order valence-corrected chi connectivity index (χ1v) is 7.23. The van der Waals surface area contributed by atoms with Gasteiger partial charge in [-0.25, -0.2) is 4.39 Å². The zero-order valence-corrected chi connectivity index (χ0v) is 12.6. The summed E-state index contributed by atoms with van der Waals surface area (Å²) in [6.45, 7) is 4.01. The van der Waals surface area contributed by atoms with Gasteiger partial charge in [0.1, 0.15) is 0 Å². The van der Waals surface area contributed by atoms with Crippen molar-refractivity contribution in [1.82, 2.24) is 4.90 Å². The highest BCUT2D eigenvalue weighted by Crippen LogP contribution is 2.30. The molecular weight excluding hydrogens is 273 g/mol. The van der Waals surface area contributed by atoms with E-state index in [0.29, 0.717) is 18.0 Å². The topological polar surface area (TPSA) is 58.8 Å². The quantitative estimate of drug-likeness (QED) is 0.843. The zero-order valence-electron chi connectivity index (χ0n) is 12.6. The van der Waals surface area contributed by atoms with Gasteiger partial charge in [0.2, 0.25) is 5.91 Å². The molecule has 1 amide bonds. The minimum Gasteiger partial charge on any atom is -0.491 e. The molecule has 2 rings (SSSR count). The molecule has 1 fully saturated rings. The molecular formula is C15H22FN3O2.